The van der Waals surface area contributed by atoms with Crippen molar-refractivity contribution < 1.29 is 9.53 Å². The van der Waals surface area contributed by atoms with Crippen molar-refractivity contribution in [1.29, 1.82) is 0 Å². The molecule has 0 aliphatic rings. The Balaban J connectivity index is 1.94. The van der Waals surface area contributed by atoms with Crippen molar-refractivity contribution in [3.05, 3.63) is 63.7 Å². The molecule has 0 aliphatic carbocycles. The maximum Gasteiger partial charge on any atom is 0.277 e. The molecule has 0 saturated carbocycles. The number of para-hydroxylation sites is 1. The number of ether oxygens (including phenoxy) is 1. The van der Waals surface area contributed by atoms with E-state index in [0.29, 0.717) is 0 Å². The Kier molecular flexibility index (Phi) is 5.74. The Bertz CT molecular complexity index is 736. The van der Waals surface area contributed by atoms with E-state index in [2.05, 4.69) is 29.6 Å². The molecule has 0 heterocycles. The molecule has 1 N–H and O–H groups in total. The molecule has 0 atom stereocenters. The van der Waals surface area contributed by atoms with Crippen LogP contribution in [-0.2, 0) is 4.79 Å². The summed E-state index contributed by atoms with van der Waals surface area (Å²) in [6.07, 6.45) is 1.68. The van der Waals surface area contributed by atoms with E-state index in [1.807, 2.05) is 45.9 Å². The van der Waals surface area contributed by atoms with Crippen LogP contribution in [-0.4, -0.2) is 18.7 Å². The Hall–Kier alpha value is -2.62. The molecule has 0 aromatic heterocycles. The van der Waals surface area contributed by atoms with Gasteiger partial charge in [-0.2, -0.15) is 5.10 Å². The van der Waals surface area contributed by atoms with E-state index in [0.717, 1.165) is 33.6 Å². The summed E-state index contributed by atoms with van der Waals surface area (Å²) in [6, 6.07) is 10.1. The SMILES string of the molecule is Cc1cc(C)c(/C=N\NC(=O)COc2c(C)cccc2C)c(C)c1. The molecule has 0 spiro atoms. The van der Waals surface area contributed by atoms with Crippen LogP contribution in [0.15, 0.2) is 35.4 Å². The van der Waals surface area contributed by atoms with Gasteiger partial charge in [-0.15, -0.1) is 0 Å². The molecular formula is C20H24N2O2. The highest BCUT2D eigenvalue weighted by molar-refractivity contribution is 5.85. The average molecular weight is 324 g/mol. The minimum absolute atomic E-state index is 0.0606. The summed E-state index contributed by atoms with van der Waals surface area (Å²) in [7, 11) is 0. The first kappa shape index (κ1) is 17.7. The topological polar surface area (TPSA) is 50.7 Å². The lowest BCUT2D eigenvalue weighted by Crippen LogP contribution is -2.25. The van der Waals surface area contributed by atoms with Crippen molar-refractivity contribution >= 4 is 12.1 Å². The van der Waals surface area contributed by atoms with Gasteiger partial charge in [0.15, 0.2) is 6.61 Å². The van der Waals surface area contributed by atoms with Crippen molar-refractivity contribution in [3.63, 3.8) is 0 Å². The Morgan fingerprint density at radius 3 is 2.21 bits per heavy atom. The van der Waals surface area contributed by atoms with Gasteiger partial charge in [0.2, 0.25) is 0 Å². The Labute approximate surface area is 143 Å². The highest BCUT2D eigenvalue weighted by Crippen LogP contribution is 2.22. The maximum absolute atomic E-state index is 11.9. The first-order chi connectivity index (χ1) is 11.4. The van der Waals surface area contributed by atoms with Crippen LogP contribution in [0.2, 0.25) is 0 Å². The molecule has 1 amide bonds. The fourth-order valence-electron chi connectivity index (χ4n) is 2.76. The van der Waals surface area contributed by atoms with Crippen LogP contribution in [0, 0.1) is 34.6 Å². The van der Waals surface area contributed by atoms with E-state index in [-0.39, 0.29) is 12.5 Å². The van der Waals surface area contributed by atoms with Gasteiger partial charge in [0.1, 0.15) is 5.75 Å². The van der Waals surface area contributed by atoms with Crippen LogP contribution in [0.3, 0.4) is 0 Å². The molecule has 24 heavy (non-hydrogen) atoms. The second-order valence-electron chi connectivity index (χ2n) is 6.12. The standard InChI is InChI=1S/C20H24N2O2/c1-13-9-16(4)18(17(5)10-13)11-21-22-19(23)12-24-20-14(2)7-6-8-15(20)3/h6-11H,12H2,1-5H3,(H,22,23)/b21-11-. The van der Waals surface area contributed by atoms with Gasteiger partial charge >= 0.3 is 0 Å². The van der Waals surface area contributed by atoms with Crippen LogP contribution in [0.5, 0.6) is 5.75 Å². The predicted molar refractivity (Wildman–Crippen MR) is 97.8 cm³/mol. The third-order valence-corrected chi connectivity index (χ3v) is 3.88. The lowest BCUT2D eigenvalue weighted by molar-refractivity contribution is -0.123. The molecule has 4 nitrogen and oxygen atoms in total. The number of nitrogens with zero attached hydrogens (tertiary/aromatic N) is 1. The summed E-state index contributed by atoms with van der Waals surface area (Å²) < 4.78 is 5.61. The third-order valence-electron chi connectivity index (χ3n) is 3.88. The van der Waals surface area contributed by atoms with E-state index in [1.165, 1.54) is 5.56 Å². The molecule has 0 bridgehead atoms. The largest absolute Gasteiger partial charge is 0.483 e. The van der Waals surface area contributed by atoms with E-state index in [9.17, 15) is 4.79 Å². The first-order valence-corrected chi connectivity index (χ1v) is 7.97. The van der Waals surface area contributed by atoms with Crippen LogP contribution < -0.4 is 10.2 Å². The zero-order valence-corrected chi connectivity index (χ0v) is 14.9. The molecule has 126 valence electrons. The van der Waals surface area contributed by atoms with Gasteiger partial charge in [-0.1, -0.05) is 35.9 Å². The van der Waals surface area contributed by atoms with Crippen LogP contribution in [0.25, 0.3) is 0 Å². The molecular weight excluding hydrogens is 300 g/mol. The number of hydrazone groups is 1. The average Bonchev–Trinajstić information content (AvgIpc) is 2.49. The smallest absolute Gasteiger partial charge is 0.277 e. The highest BCUT2D eigenvalue weighted by Gasteiger charge is 2.07. The van der Waals surface area contributed by atoms with Gasteiger partial charge in [-0.25, -0.2) is 5.43 Å². The molecule has 2 aromatic rings. The number of hydrogen-bond donors (Lipinski definition) is 1. The lowest BCUT2D eigenvalue weighted by atomic mass is 10.0. The van der Waals surface area contributed by atoms with Crippen molar-refractivity contribution in [3.8, 4) is 5.75 Å². The van der Waals surface area contributed by atoms with Gasteiger partial charge in [0.05, 0.1) is 6.21 Å². The minimum atomic E-state index is -0.281. The normalized spacial score (nSPS) is 10.9. The lowest BCUT2D eigenvalue weighted by Gasteiger charge is -2.11. The highest BCUT2D eigenvalue weighted by atomic mass is 16.5. The molecule has 2 rings (SSSR count). The van der Waals surface area contributed by atoms with Crippen molar-refractivity contribution in [2.24, 2.45) is 5.10 Å². The van der Waals surface area contributed by atoms with E-state index in [4.69, 9.17) is 4.74 Å². The molecule has 0 fully saturated rings. The number of rotatable bonds is 5. The van der Waals surface area contributed by atoms with Gasteiger partial charge in [0, 0.05) is 5.56 Å². The fraction of sp³-hybridized carbons (Fsp3) is 0.300. The Morgan fingerprint density at radius 1 is 1.04 bits per heavy atom. The Morgan fingerprint density at radius 2 is 1.62 bits per heavy atom. The van der Waals surface area contributed by atoms with Crippen molar-refractivity contribution in [2.75, 3.05) is 6.61 Å². The number of aryl methyl sites for hydroxylation is 5. The number of carbonyl (C=O) groups is 1. The summed E-state index contributed by atoms with van der Waals surface area (Å²) in [5, 5.41) is 4.05. The molecule has 0 unspecified atom stereocenters. The van der Waals surface area contributed by atoms with Crippen molar-refractivity contribution in [2.45, 2.75) is 34.6 Å². The molecule has 2 aromatic carbocycles. The summed E-state index contributed by atoms with van der Waals surface area (Å²) in [5.74, 6) is 0.471. The van der Waals surface area contributed by atoms with Crippen LogP contribution >= 0.6 is 0 Å². The maximum atomic E-state index is 11.9. The summed E-state index contributed by atoms with van der Waals surface area (Å²) >= 11 is 0. The summed E-state index contributed by atoms with van der Waals surface area (Å²) in [4.78, 5) is 11.9. The van der Waals surface area contributed by atoms with Gasteiger partial charge in [-0.05, 0) is 56.9 Å². The van der Waals surface area contributed by atoms with E-state index in [1.54, 1.807) is 6.21 Å². The van der Waals surface area contributed by atoms with E-state index < -0.39 is 0 Å². The number of hydrogen-bond acceptors (Lipinski definition) is 3. The number of amides is 1. The zero-order chi connectivity index (χ0) is 17.7. The van der Waals surface area contributed by atoms with Crippen molar-refractivity contribution in [1.82, 2.24) is 5.43 Å². The number of nitrogens with one attached hydrogen (secondary N) is 1. The predicted octanol–water partition coefficient (Wildman–Crippen LogP) is 3.76. The summed E-state index contributed by atoms with van der Waals surface area (Å²) in [5.41, 5.74) is 9.05. The molecule has 0 saturated heterocycles. The second kappa shape index (κ2) is 7.77. The molecule has 0 aliphatic heterocycles. The first-order valence-electron chi connectivity index (χ1n) is 7.97. The van der Waals surface area contributed by atoms with Crippen LogP contribution in [0.1, 0.15) is 33.4 Å². The zero-order valence-electron chi connectivity index (χ0n) is 14.9. The number of benzene rings is 2. The van der Waals surface area contributed by atoms with E-state index >= 15 is 0 Å². The summed E-state index contributed by atoms with van der Waals surface area (Å²) in [6.45, 7) is 9.99. The molecule has 4 heteroatoms. The monoisotopic (exact) mass is 324 g/mol. The van der Waals surface area contributed by atoms with Gasteiger partial charge < -0.3 is 4.74 Å². The second-order valence-corrected chi connectivity index (χ2v) is 6.12. The number of carbonyl (C=O) groups excluding carboxylic acids is 1. The van der Waals surface area contributed by atoms with Gasteiger partial charge in [-0.3, -0.25) is 4.79 Å². The fourth-order valence-corrected chi connectivity index (χ4v) is 2.76. The molecule has 0 radical (unpaired) electrons. The van der Waals surface area contributed by atoms with Gasteiger partial charge in [0.25, 0.3) is 5.91 Å². The third kappa shape index (κ3) is 4.44. The quantitative estimate of drug-likeness (QED) is 0.672. The van der Waals surface area contributed by atoms with Crippen LogP contribution in [0.4, 0.5) is 0 Å². The minimum Gasteiger partial charge on any atom is -0.483 e.